The van der Waals surface area contributed by atoms with E-state index < -0.39 is 11.9 Å². The number of aliphatic carboxylic acids is 1. The number of ether oxygens (including phenoxy) is 1. The summed E-state index contributed by atoms with van der Waals surface area (Å²) >= 11 is 5.88. The summed E-state index contributed by atoms with van der Waals surface area (Å²) in [6.07, 6.45) is 0. The Morgan fingerprint density at radius 2 is 1.85 bits per heavy atom. The monoisotopic (exact) mass is 290 g/mol. The van der Waals surface area contributed by atoms with Crippen LogP contribution in [0, 0.1) is 0 Å². The summed E-state index contributed by atoms with van der Waals surface area (Å²) in [5.41, 5.74) is 2.60. The maximum atomic E-state index is 11.0. The van der Waals surface area contributed by atoms with E-state index in [1.165, 1.54) is 0 Å². The van der Waals surface area contributed by atoms with Crippen LogP contribution >= 0.6 is 11.6 Å². The standard InChI is InChI=1S/C16H15ClO3/c1-10(16(18)19)12-5-8-14(15(9-12)20-2)11-3-6-13(17)7-4-11/h3-10H,1-2H3,(H,18,19). The van der Waals surface area contributed by atoms with E-state index in [2.05, 4.69) is 0 Å². The third-order valence-electron chi connectivity index (χ3n) is 3.25. The first-order valence-corrected chi connectivity index (χ1v) is 6.57. The van der Waals surface area contributed by atoms with Crippen molar-refractivity contribution in [1.82, 2.24) is 0 Å². The van der Waals surface area contributed by atoms with E-state index in [-0.39, 0.29) is 0 Å². The molecule has 0 aliphatic carbocycles. The van der Waals surface area contributed by atoms with Crippen LogP contribution in [-0.2, 0) is 4.79 Å². The average Bonchev–Trinajstić information content (AvgIpc) is 2.46. The fraction of sp³-hybridized carbons (Fsp3) is 0.188. The average molecular weight is 291 g/mol. The third kappa shape index (κ3) is 2.94. The molecule has 2 rings (SSSR count). The second kappa shape index (κ2) is 5.97. The number of hydrogen-bond donors (Lipinski definition) is 1. The van der Waals surface area contributed by atoms with E-state index >= 15 is 0 Å². The highest BCUT2D eigenvalue weighted by molar-refractivity contribution is 6.30. The lowest BCUT2D eigenvalue weighted by molar-refractivity contribution is -0.138. The van der Waals surface area contributed by atoms with Gasteiger partial charge in [-0.25, -0.2) is 0 Å². The topological polar surface area (TPSA) is 46.5 Å². The molecule has 0 saturated heterocycles. The molecule has 1 atom stereocenters. The summed E-state index contributed by atoms with van der Waals surface area (Å²) in [6.45, 7) is 1.65. The normalized spacial score (nSPS) is 11.9. The largest absolute Gasteiger partial charge is 0.496 e. The van der Waals surface area contributed by atoms with Gasteiger partial charge in [0.05, 0.1) is 13.0 Å². The molecule has 4 heteroatoms. The van der Waals surface area contributed by atoms with Crippen LogP contribution in [-0.4, -0.2) is 18.2 Å². The highest BCUT2D eigenvalue weighted by Gasteiger charge is 2.16. The molecule has 0 saturated carbocycles. The molecule has 2 aromatic carbocycles. The number of carboxylic acid groups (broad SMARTS) is 1. The predicted octanol–water partition coefficient (Wildman–Crippen LogP) is 4.20. The lowest BCUT2D eigenvalue weighted by atomic mass is 9.96. The minimum atomic E-state index is -0.855. The third-order valence-corrected chi connectivity index (χ3v) is 3.50. The van der Waals surface area contributed by atoms with E-state index in [1.54, 1.807) is 20.1 Å². The van der Waals surface area contributed by atoms with Crippen LogP contribution in [0.25, 0.3) is 11.1 Å². The van der Waals surface area contributed by atoms with Gasteiger partial charge in [-0.2, -0.15) is 0 Å². The van der Waals surface area contributed by atoms with Gasteiger partial charge >= 0.3 is 5.97 Å². The molecule has 0 aliphatic rings. The fourth-order valence-electron chi connectivity index (χ4n) is 1.99. The quantitative estimate of drug-likeness (QED) is 0.918. The highest BCUT2D eigenvalue weighted by Crippen LogP contribution is 2.33. The molecular formula is C16H15ClO3. The number of rotatable bonds is 4. The second-order valence-corrected chi connectivity index (χ2v) is 4.96. The van der Waals surface area contributed by atoms with Crippen LogP contribution in [0.2, 0.25) is 5.02 Å². The number of halogens is 1. The van der Waals surface area contributed by atoms with Gasteiger partial charge in [0.25, 0.3) is 0 Å². The zero-order valence-electron chi connectivity index (χ0n) is 11.3. The minimum Gasteiger partial charge on any atom is -0.496 e. The Kier molecular flexibility index (Phi) is 4.30. The number of carboxylic acids is 1. The smallest absolute Gasteiger partial charge is 0.310 e. The summed E-state index contributed by atoms with van der Waals surface area (Å²) in [6, 6.07) is 12.9. The zero-order valence-corrected chi connectivity index (χ0v) is 12.0. The molecule has 0 amide bonds. The molecule has 1 unspecified atom stereocenters. The molecule has 0 bridgehead atoms. The van der Waals surface area contributed by atoms with Crippen molar-refractivity contribution in [3.63, 3.8) is 0 Å². The van der Waals surface area contributed by atoms with E-state index in [9.17, 15) is 4.79 Å². The van der Waals surface area contributed by atoms with Crippen molar-refractivity contribution in [3.05, 3.63) is 53.1 Å². The Morgan fingerprint density at radius 1 is 1.20 bits per heavy atom. The van der Waals surface area contributed by atoms with Crippen LogP contribution in [0.1, 0.15) is 18.4 Å². The Bertz CT molecular complexity index is 620. The zero-order chi connectivity index (χ0) is 14.7. The molecule has 104 valence electrons. The van der Waals surface area contributed by atoms with Gasteiger partial charge in [0, 0.05) is 10.6 Å². The number of methoxy groups -OCH3 is 1. The first-order chi connectivity index (χ1) is 9.52. The van der Waals surface area contributed by atoms with Crippen molar-refractivity contribution in [2.24, 2.45) is 0 Å². The van der Waals surface area contributed by atoms with Crippen LogP contribution in [0.5, 0.6) is 5.75 Å². The lowest BCUT2D eigenvalue weighted by Crippen LogP contribution is -2.07. The van der Waals surface area contributed by atoms with E-state index in [0.717, 1.165) is 11.1 Å². The molecule has 2 aromatic rings. The lowest BCUT2D eigenvalue weighted by Gasteiger charge is -2.13. The van der Waals surface area contributed by atoms with Crippen molar-refractivity contribution < 1.29 is 14.6 Å². The molecule has 1 N–H and O–H groups in total. The predicted molar refractivity (Wildman–Crippen MR) is 79.5 cm³/mol. The second-order valence-electron chi connectivity index (χ2n) is 4.53. The van der Waals surface area contributed by atoms with Gasteiger partial charge in [0.15, 0.2) is 0 Å². The number of benzene rings is 2. The highest BCUT2D eigenvalue weighted by atomic mass is 35.5. The van der Waals surface area contributed by atoms with Crippen LogP contribution in [0.3, 0.4) is 0 Å². The molecule has 0 aliphatic heterocycles. The molecule has 0 spiro atoms. The van der Waals surface area contributed by atoms with Crippen molar-refractivity contribution in [2.75, 3.05) is 7.11 Å². The molecule has 0 aromatic heterocycles. The molecule has 3 nitrogen and oxygen atoms in total. The van der Waals surface area contributed by atoms with Crippen molar-refractivity contribution in [2.45, 2.75) is 12.8 Å². The maximum Gasteiger partial charge on any atom is 0.310 e. The van der Waals surface area contributed by atoms with Gasteiger partial charge in [-0.05, 0) is 36.2 Å². The van der Waals surface area contributed by atoms with Crippen LogP contribution < -0.4 is 4.74 Å². The molecule has 0 fully saturated rings. The van der Waals surface area contributed by atoms with E-state index in [1.807, 2.05) is 36.4 Å². The number of carbonyl (C=O) groups is 1. The summed E-state index contributed by atoms with van der Waals surface area (Å²) in [7, 11) is 1.57. The van der Waals surface area contributed by atoms with Crippen molar-refractivity contribution in [1.29, 1.82) is 0 Å². The van der Waals surface area contributed by atoms with E-state index in [0.29, 0.717) is 16.3 Å². The molecule has 0 heterocycles. The Labute approximate surface area is 122 Å². The number of hydrogen-bond acceptors (Lipinski definition) is 2. The fourth-order valence-corrected chi connectivity index (χ4v) is 2.11. The first-order valence-electron chi connectivity index (χ1n) is 6.19. The van der Waals surface area contributed by atoms with Gasteiger partial charge in [-0.1, -0.05) is 35.9 Å². The summed E-state index contributed by atoms with van der Waals surface area (Å²) < 4.78 is 5.37. The van der Waals surface area contributed by atoms with Crippen molar-refractivity contribution >= 4 is 17.6 Å². The van der Waals surface area contributed by atoms with Gasteiger partial charge < -0.3 is 9.84 Å². The first kappa shape index (κ1) is 14.4. The van der Waals surface area contributed by atoms with Gasteiger partial charge in [-0.15, -0.1) is 0 Å². The Balaban J connectivity index is 2.45. The molecule has 20 heavy (non-hydrogen) atoms. The van der Waals surface area contributed by atoms with Crippen LogP contribution in [0.4, 0.5) is 0 Å². The van der Waals surface area contributed by atoms with Crippen LogP contribution in [0.15, 0.2) is 42.5 Å². The minimum absolute atomic E-state index is 0.567. The van der Waals surface area contributed by atoms with E-state index in [4.69, 9.17) is 21.4 Å². The Hall–Kier alpha value is -2.00. The molecular weight excluding hydrogens is 276 g/mol. The van der Waals surface area contributed by atoms with Gasteiger partial charge in [0.1, 0.15) is 5.75 Å². The van der Waals surface area contributed by atoms with Gasteiger partial charge in [-0.3, -0.25) is 4.79 Å². The van der Waals surface area contributed by atoms with Gasteiger partial charge in [0.2, 0.25) is 0 Å². The summed E-state index contributed by atoms with van der Waals surface area (Å²) in [5.74, 6) is -0.771. The SMILES string of the molecule is COc1cc(C(C)C(=O)O)ccc1-c1ccc(Cl)cc1. The van der Waals surface area contributed by atoms with Crippen molar-refractivity contribution in [3.8, 4) is 16.9 Å². The summed E-state index contributed by atoms with van der Waals surface area (Å²) in [4.78, 5) is 11.0. The molecule has 0 radical (unpaired) electrons. The maximum absolute atomic E-state index is 11.0. The summed E-state index contributed by atoms with van der Waals surface area (Å²) in [5, 5.41) is 9.73. The Morgan fingerprint density at radius 3 is 2.40 bits per heavy atom.